The van der Waals surface area contributed by atoms with Crippen molar-refractivity contribution in [3.8, 4) is 5.75 Å². The van der Waals surface area contributed by atoms with E-state index in [1.54, 1.807) is 25.7 Å². The maximum atomic E-state index is 14.1. The van der Waals surface area contributed by atoms with Crippen LogP contribution in [-0.2, 0) is 15.8 Å². The third-order valence-electron chi connectivity index (χ3n) is 7.33. The molecule has 1 heterocycles. The number of carbonyl (C=O) groups is 2. The Balaban J connectivity index is 2.07. The molecular formula is C29H38F3N3O3. The van der Waals surface area contributed by atoms with Crippen molar-refractivity contribution < 1.29 is 27.5 Å². The number of carbonyl (C=O) groups excluding carboxylic acids is 2. The average molecular weight is 534 g/mol. The monoisotopic (exact) mass is 533 g/mol. The lowest BCUT2D eigenvalue weighted by Crippen LogP contribution is -2.50. The molecule has 1 N–H and O–H groups in total. The van der Waals surface area contributed by atoms with Crippen LogP contribution in [0.5, 0.6) is 5.75 Å². The Morgan fingerprint density at radius 2 is 1.76 bits per heavy atom. The van der Waals surface area contributed by atoms with Crippen LogP contribution in [-0.4, -0.2) is 49.0 Å². The number of halogens is 3. The summed E-state index contributed by atoms with van der Waals surface area (Å²) in [5.41, 5.74) is 0.465. The van der Waals surface area contributed by atoms with Crippen molar-refractivity contribution in [2.24, 2.45) is 11.3 Å². The van der Waals surface area contributed by atoms with E-state index in [-0.39, 0.29) is 36.5 Å². The largest absolute Gasteiger partial charge is 0.491 e. The van der Waals surface area contributed by atoms with Gasteiger partial charge >= 0.3 is 6.18 Å². The summed E-state index contributed by atoms with van der Waals surface area (Å²) < 4.78 is 46.5. The minimum atomic E-state index is -4.62. The van der Waals surface area contributed by atoms with Gasteiger partial charge < -0.3 is 19.9 Å². The van der Waals surface area contributed by atoms with Crippen LogP contribution in [0.4, 0.5) is 24.5 Å². The molecule has 2 aromatic rings. The zero-order valence-electron chi connectivity index (χ0n) is 23.2. The van der Waals surface area contributed by atoms with Gasteiger partial charge in [-0.25, -0.2) is 0 Å². The maximum Gasteiger partial charge on any atom is 0.416 e. The highest BCUT2D eigenvalue weighted by Crippen LogP contribution is 2.43. The van der Waals surface area contributed by atoms with Gasteiger partial charge in [-0.2, -0.15) is 13.2 Å². The smallest absolute Gasteiger partial charge is 0.416 e. The number of benzene rings is 2. The van der Waals surface area contributed by atoms with Crippen molar-refractivity contribution in [1.82, 2.24) is 4.90 Å². The number of para-hydroxylation sites is 1. The topological polar surface area (TPSA) is 61.9 Å². The fourth-order valence-electron chi connectivity index (χ4n) is 5.19. The summed E-state index contributed by atoms with van der Waals surface area (Å²) in [6, 6.07) is 8.97. The Bertz CT molecular complexity index is 1160. The van der Waals surface area contributed by atoms with Crippen molar-refractivity contribution in [3.63, 3.8) is 0 Å². The van der Waals surface area contributed by atoms with E-state index < -0.39 is 29.0 Å². The van der Waals surface area contributed by atoms with Gasteiger partial charge in [0.1, 0.15) is 5.75 Å². The number of nitrogens with one attached hydrogen (secondary N) is 1. The summed E-state index contributed by atoms with van der Waals surface area (Å²) in [6.45, 7) is 14.7. The van der Waals surface area contributed by atoms with E-state index in [9.17, 15) is 22.8 Å². The molecule has 1 aliphatic rings. The van der Waals surface area contributed by atoms with Crippen molar-refractivity contribution >= 4 is 23.2 Å². The van der Waals surface area contributed by atoms with Gasteiger partial charge in [0.05, 0.1) is 23.0 Å². The van der Waals surface area contributed by atoms with E-state index in [0.717, 1.165) is 28.9 Å². The minimum Gasteiger partial charge on any atom is -0.491 e. The summed E-state index contributed by atoms with van der Waals surface area (Å²) >= 11 is 0. The standard InChI is InChI=1S/C29H38F3N3O3/c1-8-34(9-2)16-28(17-35(26(36)21(28)7)25-19(5)11-10-12-20(25)6)27(37)33-23-13-22(29(30,31)32)14-24(15-23)38-18(3)4/h10-15,18,21H,8-9,16-17H2,1-7H3,(H,33,37). The first-order valence-corrected chi connectivity index (χ1v) is 13.0. The number of aryl methyl sites for hydroxylation is 2. The molecule has 2 atom stereocenters. The van der Waals surface area contributed by atoms with Crippen LogP contribution in [0.25, 0.3) is 0 Å². The summed E-state index contributed by atoms with van der Waals surface area (Å²) in [5, 5.41) is 2.73. The van der Waals surface area contributed by atoms with Gasteiger partial charge in [0.25, 0.3) is 0 Å². The summed E-state index contributed by atoms with van der Waals surface area (Å²) in [7, 11) is 0. The zero-order valence-corrected chi connectivity index (χ0v) is 23.2. The van der Waals surface area contributed by atoms with E-state index >= 15 is 0 Å². The van der Waals surface area contributed by atoms with E-state index in [1.165, 1.54) is 6.07 Å². The number of anilines is 2. The molecule has 3 rings (SSSR count). The van der Waals surface area contributed by atoms with Crippen molar-refractivity contribution in [3.05, 3.63) is 53.1 Å². The van der Waals surface area contributed by atoms with E-state index in [0.29, 0.717) is 13.1 Å². The second kappa shape index (κ2) is 11.4. The quantitative estimate of drug-likeness (QED) is 0.426. The molecule has 1 aliphatic heterocycles. The molecule has 208 valence electrons. The van der Waals surface area contributed by atoms with Gasteiger partial charge in [-0.05, 0) is 64.0 Å². The molecule has 0 aromatic heterocycles. The summed E-state index contributed by atoms with van der Waals surface area (Å²) in [4.78, 5) is 31.5. The molecular weight excluding hydrogens is 495 g/mol. The first-order valence-electron chi connectivity index (χ1n) is 13.0. The molecule has 0 spiro atoms. The number of alkyl halides is 3. The lowest BCUT2D eigenvalue weighted by Gasteiger charge is -2.35. The van der Waals surface area contributed by atoms with Gasteiger partial charge in [-0.15, -0.1) is 0 Å². The minimum absolute atomic E-state index is 0.00984. The van der Waals surface area contributed by atoms with Crippen LogP contribution in [0.15, 0.2) is 36.4 Å². The second-order valence-electron chi connectivity index (χ2n) is 10.4. The summed E-state index contributed by atoms with van der Waals surface area (Å²) in [5.74, 6) is -1.36. The fourth-order valence-corrected chi connectivity index (χ4v) is 5.19. The Morgan fingerprint density at radius 1 is 1.16 bits per heavy atom. The molecule has 2 amide bonds. The molecule has 2 aromatic carbocycles. The summed E-state index contributed by atoms with van der Waals surface area (Å²) in [6.07, 6.45) is -4.97. The first-order chi connectivity index (χ1) is 17.7. The van der Waals surface area contributed by atoms with Crippen LogP contribution >= 0.6 is 0 Å². The number of hydrogen-bond acceptors (Lipinski definition) is 4. The molecule has 1 fully saturated rings. The maximum absolute atomic E-state index is 14.1. The Kier molecular flexibility index (Phi) is 8.81. The van der Waals surface area contributed by atoms with Gasteiger partial charge in [-0.1, -0.05) is 39.0 Å². The number of ether oxygens (including phenoxy) is 1. The van der Waals surface area contributed by atoms with Crippen LogP contribution < -0.4 is 15.0 Å². The number of hydrogen-bond donors (Lipinski definition) is 1. The Morgan fingerprint density at radius 3 is 2.29 bits per heavy atom. The van der Waals surface area contributed by atoms with Crippen LogP contribution in [0, 0.1) is 25.2 Å². The second-order valence-corrected chi connectivity index (χ2v) is 10.4. The average Bonchev–Trinajstić information content (AvgIpc) is 3.07. The molecule has 1 saturated heterocycles. The van der Waals surface area contributed by atoms with Gasteiger partial charge in [-0.3, -0.25) is 9.59 Å². The molecule has 9 heteroatoms. The van der Waals surface area contributed by atoms with Crippen molar-refractivity contribution in [2.75, 3.05) is 36.4 Å². The predicted octanol–water partition coefficient (Wildman–Crippen LogP) is 6.06. The lowest BCUT2D eigenvalue weighted by atomic mass is 9.77. The van der Waals surface area contributed by atoms with E-state index in [4.69, 9.17) is 4.74 Å². The van der Waals surface area contributed by atoms with Crippen molar-refractivity contribution in [1.29, 1.82) is 0 Å². The first kappa shape index (κ1) is 29.5. The van der Waals surface area contributed by atoms with Gasteiger partial charge in [0.15, 0.2) is 0 Å². The SMILES string of the molecule is CCN(CC)CC1(C(=O)Nc2cc(OC(C)C)cc(C(F)(F)F)c2)CN(c2c(C)cccc2C)C(=O)C1C. The molecule has 6 nitrogen and oxygen atoms in total. The van der Waals surface area contributed by atoms with Gasteiger partial charge in [0, 0.05) is 30.5 Å². The van der Waals surface area contributed by atoms with Crippen LogP contribution in [0.2, 0.25) is 0 Å². The molecule has 38 heavy (non-hydrogen) atoms. The third kappa shape index (κ3) is 5.98. The van der Waals surface area contributed by atoms with E-state index in [1.807, 2.05) is 45.9 Å². The number of nitrogens with zero attached hydrogens (tertiary/aromatic N) is 2. The molecule has 0 aliphatic carbocycles. The third-order valence-corrected chi connectivity index (χ3v) is 7.33. The van der Waals surface area contributed by atoms with Crippen LogP contribution in [0.1, 0.15) is 51.3 Å². The highest BCUT2D eigenvalue weighted by Gasteiger charge is 2.56. The van der Waals surface area contributed by atoms with Gasteiger partial charge in [0.2, 0.25) is 11.8 Å². The molecule has 0 radical (unpaired) electrons. The molecule has 2 unspecified atom stereocenters. The highest BCUT2D eigenvalue weighted by molar-refractivity contribution is 6.08. The normalized spacial score (nSPS) is 19.9. The lowest BCUT2D eigenvalue weighted by molar-refractivity contribution is -0.137. The molecule has 0 bridgehead atoms. The van der Waals surface area contributed by atoms with E-state index in [2.05, 4.69) is 10.2 Å². The van der Waals surface area contributed by atoms with Crippen LogP contribution in [0.3, 0.4) is 0 Å². The fraction of sp³-hybridized carbons (Fsp3) is 0.517. The van der Waals surface area contributed by atoms with Crippen molar-refractivity contribution in [2.45, 2.75) is 60.7 Å². The predicted molar refractivity (Wildman–Crippen MR) is 143 cm³/mol. The zero-order chi connectivity index (χ0) is 28.4. The Labute approximate surface area is 223 Å². The number of amides is 2. The number of rotatable bonds is 9. The Hall–Kier alpha value is -3.07. The highest BCUT2D eigenvalue weighted by atomic mass is 19.4. The molecule has 0 saturated carbocycles.